The average Bonchev–Trinajstić information content (AvgIpc) is 2.89. The molecule has 0 aliphatic heterocycles. The zero-order chi connectivity index (χ0) is 25.9. The minimum Gasteiger partial charge on any atom is -0.487 e. The maximum absolute atomic E-state index is 13.5. The number of hydrogen-bond acceptors (Lipinski definition) is 4. The second-order valence-electron chi connectivity index (χ2n) is 9.06. The van der Waals surface area contributed by atoms with Crippen LogP contribution in [-0.4, -0.2) is 15.9 Å². The first-order valence-electron chi connectivity index (χ1n) is 12.0. The molecule has 1 aliphatic carbocycles. The van der Waals surface area contributed by atoms with Crippen molar-refractivity contribution in [2.45, 2.75) is 44.6 Å². The molecule has 1 aliphatic rings. The van der Waals surface area contributed by atoms with E-state index in [-0.39, 0.29) is 17.3 Å². The predicted molar refractivity (Wildman–Crippen MR) is 165 cm³/mol. The first-order valence-corrected chi connectivity index (χ1v) is 15.0. The maximum Gasteiger partial charge on any atom is 0.282 e. The Balaban J connectivity index is 1.47. The highest BCUT2D eigenvalue weighted by Gasteiger charge is 2.22. The van der Waals surface area contributed by atoms with Crippen LogP contribution in [0.25, 0.3) is 10.9 Å². The summed E-state index contributed by atoms with van der Waals surface area (Å²) in [5.41, 5.74) is 2.29. The predicted octanol–water partition coefficient (Wildman–Crippen LogP) is 8.02. The molecule has 0 N–H and O–H groups in total. The topological polar surface area (TPSA) is 56.5 Å². The smallest absolute Gasteiger partial charge is 0.282 e. The third kappa shape index (κ3) is 6.25. The van der Waals surface area contributed by atoms with Gasteiger partial charge in [-0.2, -0.15) is 9.78 Å². The fourth-order valence-electron chi connectivity index (χ4n) is 4.56. The summed E-state index contributed by atoms with van der Waals surface area (Å²) in [5, 5.41) is 5.20. The monoisotopic (exact) mass is 785 g/mol. The molecule has 1 fully saturated rings. The van der Waals surface area contributed by atoms with Crippen molar-refractivity contribution in [3.8, 4) is 5.75 Å². The molecule has 5 nitrogen and oxygen atoms in total. The van der Waals surface area contributed by atoms with Gasteiger partial charge in [-0.05, 0) is 112 Å². The van der Waals surface area contributed by atoms with Gasteiger partial charge in [0.25, 0.3) is 5.56 Å². The summed E-state index contributed by atoms with van der Waals surface area (Å²) < 4.78 is 23.4. The van der Waals surface area contributed by atoms with Crippen LogP contribution in [-0.2, 0) is 6.61 Å². The number of rotatable bonds is 6. The lowest BCUT2D eigenvalue weighted by Crippen LogP contribution is -2.25. The Bertz CT molecular complexity index is 1510. The van der Waals surface area contributed by atoms with Crippen molar-refractivity contribution >= 4 is 78.2 Å². The minimum absolute atomic E-state index is 0.160. The van der Waals surface area contributed by atoms with Gasteiger partial charge in [-0.25, -0.2) is 9.37 Å². The summed E-state index contributed by atoms with van der Waals surface area (Å²) in [6, 6.07) is 15.8. The number of hydrogen-bond donors (Lipinski definition) is 0. The van der Waals surface area contributed by atoms with Crippen LogP contribution in [0.5, 0.6) is 5.75 Å². The Labute approximate surface area is 249 Å². The molecule has 0 radical (unpaired) electrons. The quantitative estimate of drug-likeness (QED) is 0.147. The van der Waals surface area contributed by atoms with Gasteiger partial charge >= 0.3 is 0 Å². The van der Waals surface area contributed by atoms with Gasteiger partial charge in [0.15, 0.2) is 0 Å². The number of aromatic nitrogens is 2. The van der Waals surface area contributed by atoms with Crippen molar-refractivity contribution in [1.82, 2.24) is 9.66 Å². The second-order valence-corrected chi connectivity index (χ2v) is 12.3. The summed E-state index contributed by atoms with van der Waals surface area (Å²) in [7, 11) is 0. The van der Waals surface area contributed by atoms with Gasteiger partial charge in [0, 0.05) is 10.4 Å². The second kappa shape index (κ2) is 11.9. The number of halogens is 4. The van der Waals surface area contributed by atoms with E-state index in [1.807, 2.05) is 24.3 Å². The van der Waals surface area contributed by atoms with E-state index in [9.17, 15) is 9.18 Å². The molecular formula is C28H23BrFI2N3O2. The Morgan fingerprint density at radius 3 is 2.46 bits per heavy atom. The van der Waals surface area contributed by atoms with Crippen LogP contribution in [0.2, 0.25) is 0 Å². The van der Waals surface area contributed by atoms with Crippen molar-refractivity contribution in [3.63, 3.8) is 0 Å². The van der Waals surface area contributed by atoms with E-state index in [2.05, 4.69) is 66.2 Å². The third-order valence-electron chi connectivity index (χ3n) is 6.44. The average molecular weight is 786 g/mol. The number of nitrogens with zero attached hydrogens (tertiary/aromatic N) is 3. The molecule has 1 aromatic heterocycles. The molecule has 9 heteroatoms. The van der Waals surface area contributed by atoms with Crippen molar-refractivity contribution in [2.24, 2.45) is 5.10 Å². The van der Waals surface area contributed by atoms with Gasteiger partial charge in [0.05, 0.1) is 24.3 Å². The molecule has 37 heavy (non-hydrogen) atoms. The normalized spacial score (nSPS) is 14.5. The fourth-order valence-corrected chi connectivity index (χ4v) is 7.04. The van der Waals surface area contributed by atoms with E-state index < -0.39 is 0 Å². The zero-order valence-corrected chi connectivity index (χ0v) is 25.7. The van der Waals surface area contributed by atoms with Gasteiger partial charge in [-0.3, -0.25) is 4.79 Å². The molecule has 1 saturated carbocycles. The lowest BCUT2D eigenvalue weighted by molar-refractivity contribution is 0.301. The molecule has 0 unspecified atom stereocenters. The van der Waals surface area contributed by atoms with Crippen molar-refractivity contribution in [2.75, 3.05) is 0 Å². The van der Waals surface area contributed by atoms with Gasteiger partial charge in [0.1, 0.15) is 24.0 Å². The molecule has 3 aromatic carbocycles. The van der Waals surface area contributed by atoms with Crippen molar-refractivity contribution < 1.29 is 9.13 Å². The minimum atomic E-state index is -0.267. The van der Waals surface area contributed by atoms with E-state index in [1.165, 1.54) is 23.2 Å². The van der Waals surface area contributed by atoms with Gasteiger partial charge in [-0.1, -0.05) is 47.3 Å². The van der Waals surface area contributed by atoms with E-state index in [4.69, 9.17) is 9.72 Å². The maximum atomic E-state index is 13.5. The van der Waals surface area contributed by atoms with Crippen LogP contribution in [0, 0.1) is 13.0 Å². The molecule has 0 saturated heterocycles. The molecule has 0 bridgehead atoms. The molecule has 4 aromatic rings. The molecule has 0 amide bonds. The first-order chi connectivity index (χ1) is 17.9. The van der Waals surface area contributed by atoms with Gasteiger partial charge in [-0.15, -0.1) is 0 Å². The van der Waals surface area contributed by atoms with Gasteiger partial charge in [0.2, 0.25) is 0 Å². The van der Waals surface area contributed by atoms with Crippen LogP contribution < -0.4 is 10.3 Å². The van der Waals surface area contributed by atoms with Crippen LogP contribution in [0.1, 0.15) is 55.0 Å². The highest BCUT2D eigenvalue weighted by molar-refractivity contribution is 14.1. The van der Waals surface area contributed by atoms with Gasteiger partial charge < -0.3 is 4.74 Å². The molecule has 0 spiro atoms. The van der Waals surface area contributed by atoms with Crippen LogP contribution in [0.15, 0.2) is 69.0 Å². The lowest BCUT2D eigenvalue weighted by atomic mass is 9.88. The van der Waals surface area contributed by atoms with E-state index in [0.29, 0.717) is 17.5 Å². The Morgan fingerprint density at radius 2 is 1.76 bits per heavy atom. The molecular weight excluding hydrogens is 763 g/mol. The third-order valence-corrected chi connectivity index (χ3v) is 8.54. The molecule has 190 valence electrons. The van der Waals surface area contributed by atoms with Crippen molar-refractivity contribution in [1.29, 1.82) is 0 Å². The van der Waals surface area contributed by atoms with E-state index in [0.717, 1.165) is 60.0 Å². The Hall–Kier alpha value is -1.86. The lowest BCUT2D eigenvalue weighted by Gasteiger charge is -2.22. The number of benzene rings is 3. The summed E-state index contributed by atoms with van der Waals surface area (Å²) in [6.45, 7) is 0.345. The fraction of sp³-hybridized carbons (Fsp3) is 0.250. The highest BCUT2D eigenvalue weighted by Crippen LogP contribution is 2.32. The standard InChI is InChI=1S/C28H23BrFI2N3O2/c29-20-8-11-25-22(14-20)28(36)35(27(34-25)19-4-2-1-3-5-19)33-15-18-12-23(31)26(24(32)13-18)37-16-17-6-9-21(30)10-7-17/h6-15,19H,1-5,16H2. The molecule has 1 heterocycles. The van der Waals surface area contributed by atoms with E-state index in [1.54, 1.807) is 24.4 Å². The summed E-state index contributed by atoms with van der Waals surface area (Å²) in [5.74, 6) is 1.45. The Morgan fingerprint density at radius 1 is 1.05 bits per heavy atom. The summed E-state index contributed by atoms with van der Waals surface area (Å²) in [4.78, 5) is 18.4. The Kier molecular flexibility index (Phi) is 8.60. The van der Waals surface area contributed by atoms with Crippen LogP contribution in [0.4, 0.5) is 4.39 Å². The molecule has 5 rings (SSSR count). The first kappa shape index (κ1) is 26.7. The highest BCUT2D eigenvalue weighted by atomic mass is 127. The number of fused-ring (bicyclic) bond motifs is 1. The largest absolute Gasteiger partial charge is 0.487 e. The SMILES string of the molecule is O=c1c2cc(Br)ccc2nc(C2CCCCC2)n1N=Cc1cc(I)c(OCc2ccc(F)cc2)c(I)c1. The zero-order valence-electron chi connectivity index (χ0n) is 19.8. The van der Waals surface area contributed by atoms with Crippen LogP contribution >= 0.6 is 61.1 Å². The summed E-state index contributed by atoms with van der Waals surface area (Å²) in [6.07, 6.45) is 7.24. The van der Waals surface area contributed by atoms with E-state index >= 15 is 0 Å². The molecule has 0 atom stereocenters. The van der Waals surface area contributed by atoms with Crippen LogP contribution in [0.3, 0.4) is 0 Å². The summed E-state index contributed by atoms with van der Waals surface area (Å²) >= 11 is 7.95. The number of ether oxygens (including phenoxy) is 1. The van der Waals surface area contributed by atoms with Crippen molar-refractivity contribution in [3.05, 3.63) is 99.3 Å².